The maximum absolute atomic E-state index is 13.9. The summed E-state index contributed by atoms with van der Waals surface area (Å²) in [6.45, 7) is 9.95. The molecule has 2 N–H and O–H groups in total. The first-order valence-electron chi connectivity index (χ1n) is 9.89. The molecule has 2 unspecified atom stereocenters. The molecule has 1 aromatic carbocycles. The molecule has 29 heavy (non-hydrogen) atoms. The van der Waals surface area contributed by atoms with Crippen molar-refractivity contribution in [3.63, 3.8) is 0 Å². The summed E-state index contributed by atoms with van der Waals surface area (Å²) >= 11 is 0. The molecule has 2 saturated heterocycles. The molecule has 0 aromatic heterocycles. The van der Waals surface area contributed by atoms with Crippen LogP contribution in [0.2, 0.25) is 0 Å². The fourth-order valence-electron chi connectivity index (χ4n) is 3.93. The minimum atomic E-state index is -0.257. The van der Waals surface area contributed by atoms with Gasteiger partial charge in [0.2, 0.25) is 5.91 Å². The molecule has 1 amide bonds. The molecule has 2 fully saturated rings. The van der Waals surface area contributed by atoms with Gasteiger partial charge in [0.25, 0.3) is 0 Å². The number of piperazine rings is 1. The highest BCUT2D eigenvalue weighted by molar-refractivity contribution is 5.86. The number of amides is 1. The van der Waals surface area contributed by atoms with E-state index in [1.807, 2.05) is 13.0 Å². The van der Waals surface area contributed by atoms with Gasteiger partial charge in [-0.15, -0.1) is 37.2 Å². The molecule has 0 saturated carbocycles. The molecule has 2 heterocycles. The van der Waals surface area contributed by atoms with Crippen LogP contribution in [0.5, 0.6) is 0 Å². The molecule has 2 aliphatic heterocycles. The molecule has 0 bridgehead atoms. The highest BCUT2D eigenvalue weighted by atomic mass is 35.5. The predicted octanol–water partition coefficient (Wildman–Crippen LogP) is 3.55. The van der Waals surface area contributed by atoms with Crippen LogP contribution in [0.3, 0.4) is 0 Å². The normalized spacial score (nSPS) is 20.5. The fraction of sp³-hybridized carbons (Fsp3) is 0.650. The lowest BCUT2D eigenvalue weighted by Gasteiger charge is -2.37. The number of rotatable bonds is 5. The Morgan fingerprint density at radius 1 is 1.21 bits per heavy atom. The van der Waals surface area contributed by atoms with Crippen molar-refractivity contribution in [2.45, 2.75) is 45.2 Å². The topological polar surface area (TPSA) is 47.6 Å². The summed E-state index contributed by atoms with van der Waals surface area (Å²) < 4.78 is 13.9. The van der Waals surface area contributed by atoms with Crippen molar-refractivity contribution in [3.8, 4) is 0 Å². The first-order chi connectivity index (χ1) is 12.6. The zero-order chi connectivity index (χ0) is 18.5. The van der Waals surface area contributed by atoms with E-state index in [-0.39, 0.29) is 61.0 Å². The van der Waals surface area contributed by atoms with Gasteiger partial charge in [0.15, 0.2) is 0 Å². The summed E-state index contributed by atoms with van der Waals surface area (Å²) in [6.07, 6.45) is 3.07. The Hall–Kier alpha value is -0.790. The Kier molecular flexibility index (Phi) is 13.1. The van der Waals surface area contributed by atoms with Crippen LogP contribution in [0.1, 0.15) is 44.7 Å². The van der Waals surface area contributed by atoms with Crippen LogP contribution < -0.4 is 15.5 Å². The largest absolute Gasteiger partial charge is 0.369 e. The number of nitrogens with one attached hydrogen (secondary N) is 2. The van der Waals surface area contributed by atoms with Crippen molar-refractivity contribution in [3.05, 3.63) is 29.6 Å². The molecule has 2 aliphatic rings. The Morgan fingerprint density at radius 3 is 2.48 bits per heavy atom. The Morgan fingerprint density at radius 2 is 1.90 bits per heavy atom. The Labute approximate surface area is 192 Å². The van der Waals surface area contributed by atoms with E-state index in [1.54, 1.807) is 6.07 Å². The van der Waals surface area contributed by atoms with E-state index in [0.29, 0.717) is 0 Å². The number of piperidine rings is 1. The molecular formula is C20H34Cl3FN4O. The van der Waals surface area contributed by atoms with Crippen molar-refractivity contribution in [2.24, 2.45) is 0 Å². The summed E-state index contributed by atoms with van der Waals surface area (Å²) in [5.41, 5.74) is 1.89. The van der Waals surface area contributed by atoms with Crippen LogP contribution in [0, 0.1) is 5.82 Å². The van der Waals surface area contributed by atoms with Crippen LogP contribution in [-0.4, -0.2) is 56.1 Å². The van der Waals surface area contributed by atoms with Gasteiger partial charge in [0.05, 0.1) is 12.1 Å². The molecule has 0 aliphatic carbocycles. The monoisotopic (exact) mass is 470 g/mol. The maximum atomic E-state index is 13.9. The number of anilines is 1. The van der Waals surface area contributed by atoms with Gasteiger partial charge < -0.3 is 20.4 Å². The van der Waals surface area contributed by atoms with Gasteiger partial charge in [-0.2, -0.15) is 0 Å². The van der Waals surface area contributed by atoms with Gasteiger partial charge >= 0.3 is 0 Å². The van der Waals surface area contributed by atoms with E-state index < -0.39 is 0 Å². The second-order valence-electron chi connectivity index (χ2n) is 7.36. The highest BCUT2D eigenvalue weighted by Gasteiger charge is 2.25. The fourth-order valence-corrected chi connectivity index (χ4v) is 3.93. The molecule has 9 heteroatoms. The van der Waals surface area contributed by atoms with E-state index in [2.05, 4.69) is 27.4 Å². The van der Waals surface area contributed by atoms with Crippen LogP contribution in [0.15, 0.2) is 18.2 Å². The Bertz CT molecular complexity index is 624. The van der Waals surface area contributed by atoms with Crippen molar-refractivity contribution in [1.82, 2.24) is 15.5 Å². The summed E-state index contributed by atoms with van der Waals surface area (Å²) in [7, 11) is 0. The quantitative estimate of drug-likeness (QED) is 0.689. The Balaban J connectivity index is 0.00000261. The number of benzene rings is 1. The lowest BCUT2D eigenvalue weighted by Crippen LogP contribution is -2.48. The van der Waals surface area contributed by atoms with E-state index in [1.165, 1.54) is 6.07 Å². The molecule has 0 spiro atoms. The standard InChI is InChI=1S/C20H31FN4O.3ClH/c1-3-24-10-12-25(13-11-24)19-8-7-16(21)14-17(19)15(2)23-20(26)18-6-4-5-9-22-18;;;/h7-8,14-15,18,22H,3-6,9-13H2,1-2H3,(H,23,26);3*1H. The zero-order valence-corrected chi connectivity index (χ0v) is 19.6. The number of carbonyl (C=O) groups is 1. The molecule has 1 aromatic rings. The van der Waals surface area contributed by atoms with Crippen LogP contribution >= 0.6 is 37.2 Å². The lowest BCUT2D eigenvalue weighted by atomic mass is 10.0. The average molecular weight is 472 g/mol. The summed E-state index contributed by atoms with van der Waals surface area (Å²) in [4.78, 5) is 17.3. The zero-order valence-electron chi connectivity index (χ0n) is 17.2. The van der Waals surface area contributed by atoms with Crippen LogP contribution in [0.25, 0.3) is 0 Å². The third-order valence-corrected chi connectivity index (χ3v) is 5.60. The van der Waals surface area contributed by atoms with Gasteiger partial charge in [0.1, 0.15) is 5.82 Å². The summed E-state index contributed by atoms with van der Waals surface area (Å²) in [5.74, 6) is -0.240. The lowest BCUT2D eigenvalue weighted by molar-refractivity contribution is -0.124. The third kappa shape index (κ3) is 7.44. The molecule has 5 nitrogen and oxygen atoms in total. The van der Waals surface area contributed by atoms with Crippen molar-refractivity contribution in [2.75, 3.05) is 44.2 Å². The SMILES string of the molecule is CCN1CCN(c2ccc(F)cc2C(C)NC(=O)C2CCCCN2)CC1.Cl.Cl.Cl. The summed E-state index contributed by atoms with van der Waals surface area (Å²) in [6, 6.07) is 4.59. The first-order valence-corrected chi connectivity index (χ1v) is 9.89. The van der Waals surface area contributed by atoms with Gasteiger partial charge in [0, 0.05) is 37.4 Å². The van der Waals surface area contributed by atoms with Gasteiger partial charge in [-0.3, -0.25) is 4.79 Å². The van der Waals surface area contributed by atoms with E-state index in [0.717, 1.165) is 69.8 Å². The number of hydrogen-bond acceptors (Lipinski definition) is 4. The third-order valence-electron chi connectivity index (χ3n) is 5.60. The summed E-state index contributed by atoms with van der Waals surface area (Å²) in [5, 5.41) is 6.36. The van der Waals surface area contributed by atoms with Crippen molar-refractivity contribution in [1.29, 1.82) is 0 Å². The molecule has 168 valence electrons. The van der Waals surface area contributed by atoms with E-state index in [9.17, 15) is 9.18 Å². The maximum Gasteiger partial charge on any atom is 0.237 e. The first kappa shape index (κ1) is 28.2. The predicted molar refractivity (Wildman–Crippen MR) is 125 cm³/mol. The van der Waals surface area contributed by atoms with Crippen LogP contribution in [-0.2, 0) is 4.79 Å². The minimum Gasteiger partial charge on any atom is -0.369 e. The number of halogens is 4. The highest BCUT2D eigenvalue weighted by Crippen LogP contribution is 2.28. The second kappa shape index (κ2) is 13.5. The molecule has 0 radical (unpaired) electrons. The van der Waals surface area contributed by atoms with E-state index >= 15 is 0 Å². The van der Waals surface area contributed by atoms with Gasteiger partial charge in [-0.1, -0.05) is 13.3 Å². The number of nitrogens with zero attached hydrogens (tertiary/aromatic N) is 2. The van der Waals surface area contributed by atoms with Crippen LogP contribution in [0.4, 0.5) is 10.1 Å². The van der Waals surface area contributed by atoms with Gasteiger partial charge in [-0.25, -0.2) is 4.39 Å². The van der Waals surface area contributed by atoms with Gasteiger partial charge in [-0.05, 0) is 51.1 Å². The molecule has 2 atom stereocenters. The average Bonchev–Trinajstić information content (AvgIpc) is 2.68. The minimum absolute atomic E-state index is 0. The second-order valence-corrected chi connectivity index (χ2v) is 7.36. The van der Waals surface area contributed by atoms with Crippen molar-refractivity contribution < 1.29 is 9.18 Å². The molecule has 3 rings (SSSR count). The molecular weight excluding hydrogens is 438 g/mol. The van der Waals surface area contributed by atoms with Crippen molar-refractivity contribution >= 4 is 48.8 Å². The number of carbonyl (C=O) groups excluding carboxylic acids is 1. The van der Waals surface area contributed by atoms with E-state index in [4.69, 9.17) is 0 Å². The number of hydrogen-bond donors (Lipinski definition) is 2. The smallest absolute Gasteiger partial charge is 0.237 e. The number of likely N-dealkylation sites (N-methyl/N-ethyl adjacent to an activating group) is 1.